The zero-order valence-corrected chi connectivity index (χ0v) is 15.7. The average molecular weight is 373 g/mol. The van der Waals surface area contributed by atoms with Gasteiger partial charge in [-0.05, 0) is 44.4 Å². The zero-order valence-electron chi connectivity index (χ0n) is 14.9. The van der Waals surface area contributed by atoms with Crippen molar-refractivity contribution in [1.82, 2.24) is 9.80 Å². The van der Waals surface area contributed by atoms with E-state index in [0.29, 0.717) is 23.4 Å². The number of amides is 3. The predicted octanol–water partition coefficient (Wildman–Crippen LogP) is 2.32. The molecule has 0 radical (unpaired) electrons. The van der Waals surface area contributed by atoms with Crippen LogP contribution in [0.2, 0.25) is 0 Å². The molecule has 0 bridgehead atoms. The van der Waals surface area contributed by atoms with Crippen molar-refractivity contribution >= 4 is 35.2 Å². The first-order chi connectivity index (χ1) is 12.5. The third-order valence-corrected chi connectivity index (χ3v) is 7.02. The van der Waals surface area contributed by atoms with E-state index in [2.05, 4.69) is 5.32 Å². The first-order valence-electron chi connectivity index (χ1n) is 9.14. The van der Waals surface area contributed by atoms with Crippen molar-refractivity contribution in [2.45, 2.75) is 43.5 Å². The molecule has 3 aliphatic rings. The lowest BCUT2D eigenvalue weighted by Crippen LogP contribution is -2.48. The summed E-state index contributed by atoms with van der Waals surface area (Å²) in [4.78, 5) is 40.8. The summed E-state index contributed by atoms with van der Waals surface area (Å²) in [6.45, 7) is 3.62. The molecule has 3 saturated heterocycles. The number of carbonyl (C=O) groups is 3. The SMILES string of the molecule is C[C@@]12CCC(=O)N1[C@@H](C(=O)Nc1cccc(C(=O)N3CCCC3)c1)CS2. The van der Waals surface area contributed by atoms with Crippen LogP contribution < -0.4 is 5.32 Å². The van der Waals surface area contributed by atoms with E-state index < -0.39 is 6.04 Å². The number of fused-ring (bicyclic) bond motifs is 1. The second kappa shape index (κ2) is 6.61. The minimum atomic E-state index is -0.446. The summed E-state index contributed by atoms with van der Waals surface area (Å²) in [6.07, 6.45) is 3.39. The van der Waals surface area contributed by atoms with E-state index in [-0.39, 0.29) is 22.6 Å². The number of hydrogen-bond acceptors (Lipinski definition) is 4. The Morgan fingerprint density at radius 3 is 2.81 bits per heavy atom. The van der Waals surface area contributed by atoms with Crippen LogP contribution in [0.15, 0.2) is 24.3 Å². The second-order valence-corrected chi connectivity index (χ2v) is 8.84. The Kier molecular flexibility index (Phi) is 4.42. The molecule has 0 aliphatic carbocycles. The van der Waals surface area contributed by atoms with Gasteiger partial charge in [0.1, 0.15) is 6.04 Å². The van der Waals surface area contributed by atoms with E-state index in [1.165, 1.54) is 0 Å². The number of rotatable bonds is 3. The number of anilines is 1. The molecule has 0 saturated carbocycles. The smallest absolute Gasteiger partial charge is 0.253 e. The summed E-state index contributed by atoms with van der Waals surface area (Å²) in [5.74, 6) is 0.496. The summed E-state index contributed by atoms with van der Waals surface area (Å²) in [7, 11) is 0. The highest BCUT2D eigenvalue weighted by Gasteiger charge is 2.52. The lowest BCUT2D eigenvalue weighted by Gasteiger charge is -2.29. The summed E-state index contributed by atoms with van der Waals surface area (Å²) >= 11 is 1.67. The van der Waals surface area contributed by atoms with Crippen LogP contribution in [0.1, 0.15) is 43.0 Å². The van der Waals surface area contributed by atoms with Crippen molar-refractivity contribution < 1.29 is 14.4 Å². The van der Waals surface area contributed by atoms with Gasteiger partial charge in [0, 0.05) is 36.5 Å². The van der Waals surface area contributed by atoms with Gasteiger partial charge in [0.2, 0.25) is 11.8 Å². The van der Waals surface area contributed by atoms with Crippen molar-refractivity contribution in [1.29, 1.82) is 0 Å². The normalized spacial score (nSPS) is 27.7. The van der Waals surface area contributed by atoms with Crippen molar-refractivity contribution in [2.75, 3.05) is 24.2 Å². The molecule has 7 heteroatoms. The van der Waals surface area contributed by atoms with Gasteiger partial charge in [-0.2, -0.15) is 0 Å². The molecule has 1 aromatic carbocycles. The minimum Gasteiger partial charge on any atom is -0.339 e. The molecule has 3 amide bonds. The van der Waals surface area contributed by atoms with E-state index in [4.69, 9.17) is 0 Å². The standard InChI is InChI=1S/C19H23N3O3S/c1-19-8-7-16(23)22(19)15(12-26-19)17(24)20-14-6-4-5-13(11-14)18(25)21-9-2-3-10-21/h4-6,11,15H,2-3,7-10,12H2,1H3,(H,20,24)/t15-,19-/m1/s1. The zero-order chi connectivity index (χ0) is 18.3. The molecular formula is C19H23N3O3S. The summed E-state index contributed by atoms with van der Waals surface area (Å²) in [6, 6.07) is 6.63. The van der Waals surface area contributed by atoms with Crippen molar-refractivity contribution in [3.63, 3.8) is 0 Å². The summed E-state index contributed by atoms with van der Waals surface area (Å²) in [5, 5.41) is 2.90. The highest BCUT2D eigenvalue weighted by molar-refractivity contribution is 8.01. The highest BCUT2D eigenvalue weighted by Crippen LogP contribution is 2.47. The van der Waals surface area contributed by atoms with E-state index >= 15 is 0 Å². The molecule has 3 fully saturated rings. The highest BCUT2D eigenvalue weighted by atomic mass is 32.2. The fourth-order valence-corrected chi connectivity index (χ4v) is 5.50. The molecule has 4 rings (SSSR count). The Bertz CT molecular complexity index is 762. The van der Waals surface area contributed by atoms with E-state index in [0.717, 1.165) is 32.4 Å². The monoisotopic (exact) mass is 373 g/mol. The molecule has 2 atom stereocenters. The lowest BCUT2D eigenvalue weighted by molar-refractivity contribution is -0.135. The van der Waals surface area contributed by atoms with Crippen LogP contribution in [0.3, 0.4) is 0 Å². The van der Waals surface area contributed by atoms with E-state index in [1.54, 1.807) is 40.9 Å². The Hall–Kier alpha value is -2.02. The lowest BCUT2D eigenvalue weighted by atomic mass is 10.1. The molecular weight excluding hydrogens is 350 g/mol. The van der Waals surface area contributed by atoms with Crippen LogP contribution in [0.4, 0.5) is 5.69 Å². The quantitative estimate of drug-likeness (QED) is 0.883. The molecule has 138 valence electrons. The topological polar surface area (TPSA) is 69.7 Å². The number of nitrogens with zero attached hydrogens (tertiary/aromatic N) is 2. The summed E-state index contributed by atoms with van der Waals surface area (Å²) < 4.78 is 0. The van der Waals surface area contributed by atoms with Crippen LogP contribution in [0.25, 0.3) is 0 Å². The van der Waals surface area contributed by atoms with Gasteiger partial charge in [-0.15, -0.1) is 11.8 Å². The van der Waals surface area contributed by atoms with Gasteiger partial charge in [-0.25, -0.2) is 0 Å². The van der Waals surface area contributed by atoms with Crippen LogP contribution in [-0.2, 0) is 9.59 Å². The van der Waals surface area contributed by atoms with Crippen molar-refractivity contribution in [3.05, 3.63) is 29.8 Å². The third-order valence-electron chi connectivity index (χ3n) is 5.52. The van der Waals surface area contributed by atoms with Gasteiger partial charge in [0.15, 0.2) is 0 Å². The first-order valence-corrected chi connectivity index (χ1v) is 10.1. The Morgan fingerprint density at radius 2 is 2.04 bits per heavy atom. The predicted molar refractivity (Wildman–Crippen MR) is 101 cm³/mol. The first kappa shape index (κ1) is 17.4. The molecule has 26 heavy (non-hydrogen) atoms. The van der Waals surface area contributed by atoms with Crippen molar-refractivity contribution in [2.24, 2.45) is 0 Å². The number of thioether (sulfide) groups is 1. The molecule has 0 spiro atoms. The minimum absolute atomic E-state index is 0.0114. The van der Waals surface area contributed by atoms with Gasteiger partial charge in [0.25, 0.3) is 5.91 Å². The number of hydrogen-bond donors (Lipinski definition) is 1. The number of likely N-dealkylation sites (tertiary alicyclic amines) is 1. The Labute approximate surface area is 157 Å². The molecule has 0 aromatic heterocycles. The summed E-state index contributed by atoms with van der Waals surface area (Å²) in [5.41, 5.74) is 1.19. The fraction of sp³-hybridized carbons (Fsp3) is 0.526. The van der Waals surface area contributed by atoms with Gasteiger partial charge >= 0.3 is 0 Å². The Morgan fingerprint density at radius 1 is 1.27 bits per heavy atom. The van der Waals surface area contributed by atoms with E-state index in [9.17, 15) is 14.4 Å². The Balaban J connectivity index is 1.47. The average Bonchev–Trinajstić information content (AvgIpc) is 3.33. The van der Waals surface area contributed by atoms with Crippen LogP contribution in [0, 0.1) is 0 Å². The molecule has 1 aromatic rings. The van der Waals surface area contributed by atoms with Crippen LogP contribution >= 0.6 is 11.8 Å². The fourth-order valence-electron chi connectivity index (χ4n) is 4.07. The maximum atomic E-state index is 12.8. The van der Waals surface area contributed by atoms with Gasteiger partial charge < -0.3 is 15.1 Å². The second-order valence-electron chi connectivity index (χ2n) is 7.33. The van der Waals surface area contributed by atoms with Gasteiger partial charge in [0.05, 0.1) is 4.87 Å². The van der Waals surface area contributed by atoms with Crippen LogP contribution in [-0.4, -0.2) is 57.3 Å². The molecule has 3 heterocycles. The van der Waals surface area contributed by atoms with E-state index in [1.807, 2.05) is 11.8 Å². The maximum Gasteiger partial charge on any atom is 0.253 e. The number of carbonyl (C=O) groups excluding carboxylic acids is 3. The number of benzene rings is 1. The van der Waals surface area contributed by atoms with Crippen molar-refractivity contribution in [3.8, 4) is 0 Å². The van der Waals surface area contributed by atoms with Crippen LogP contribution in [0.5, 0.6) is 0 Å². The third kappa shape index (κ3) is 2.98. The largest absolute Gasteiger partial charge is 0.339 e. The molecule has 3 aliphatic heterocycles. The molecule has 0 unspecified atom stereocenters. The molecule has 1 N–H and O–H groups in total. The van der Waals surface area contributed by atoms with Gasteiger partial charge in [-0.1, -0.05) is 6.07 Å². The maximum absolute atomic E-state index is 12.8. The molecule has 6 nitrogen and oxygen atoms in total. The number of nitrogens with one attached hydrogen (secondary N) is 1. The van der Waals surface area contributed by atoms with Gasteiger partial charge in [-0.3, -0.25) is 14.4 Å².